The number of anilines is 1. The van der Waals surface area contributed by atoms with Gasteiger partial charge in [0.25, 0.3) is 10.1 Å². The first-order valence-electron chi connectivity index (χ1n) is 38.1. The van der Waals surface area contributed by atoms with Gasteiger partial charge < -0.3 is 66.7 Å². The van der Waals surface area contributed by atoms with Crippen molar-refractivity contribution in [2.45, 2.75) is 236 Å². The molecule has 7 atom stereocenters. The van der Waals surface area contributed by atoms with Crippen LogP contribution in [0.25, 0.3) is 0 Å². The molecule has 31 nitrogen and oxygen atoms in total. The second-order valence-electron chi connectivity index (χ2n) is 30.0. The normalized spacial score (nSPS) is 17.0. The Morgan fingerprint density at radius 1 is 0.607 bits per heavy atom. The molecule has 11 N–H and O–H groups in total. The molecule has 2 aromatic carbocycles. The number of carboxylic acid groups (broad SMARTS) is 5. The van der Waals surface area contributed by atoms with Gasteiger partial charge in [0.15, 0.2) is 23.1 Å². The monoisotopic (exact) mass is 1580 g/mol. The molecule has 0 saturated carbocycles. The highest BCUT2D eigenvalue weighted by molar-refractivity contribution is 7.85. The zero-order valence-electron chi connectivity index (χ0n) is 65.4. The Kier molecular flexibility index (Phi) is 36.1. The molecule has 0 bridgehead atoms. The lowest BCUT2D eigenvalue weighted by molar-refractivity contribution is -0.438. The van der Waals surface area contributed by atoms with Crippen molar-refractivity contribution in [3.8, 4) is 0 Å². The van der Waals surface area contributed by atoms with Crippen LogP contribution in [0.3, 0.4) is 0 Å². The second-order valence-corrected chi connectivity index (χ2v) is 31.4. The van der Waals surface area contributed by atoms with Crippen LogP contribution in [-0.2, 0) is 92.8 Å². The van der Waals surface area contributed by atoms with E-state index in [9.17, 15) is 106 Å². The fourth-order valence-corrected chi connectivity index (χ4v) is 14.8. The molecule has 0 spiro atoms. The summed E-state index contributed by atoms with van der Waals surface area (Å²) in [6, 6.07) is 4.32. The number of carbonyl (C=O) groups is 14. The number of nitrogens with zero attached hydrogens (tertiary/aromatic N) is 3. The quantitative estimate of drug-likeness (QED) is 0.0136. The van der Waals surface area contributed by atoms with E-state index in [1.807, 2.05) is 68.7 Å². The summed E-state index contributed by atoms with van der Waals surface area (Å²) in [4.78, 5) is 186. The van der Waals surface area contributed by atoms with E-state index in [2.05, 4.69) is 83.5 Å². The number of ketones is 3. The van der Waals surface area contributed by atoms with E-state index >= 15 is 0 Å². The van der Waals surface area contributed by atoms with Gasteiger partial charge in [-0.15, -0.1) is 0 Å². The zero-order valence-corrected chi connectivity index (χ0v) is 66.2. The number of hydrogen-bond acceptors (Lipinski definition) is 18. The van der Waals surface area contributed by atoms with Crippen LogP contribution in [0, 0.1) is 24.7 Å². The van der Waals surface area contributed by atoms with E-state index in [0.717, 1.165) is 18.0 Å². The molecule has 3 heterocycles. The van der Waals surface area contributed by atoms with E-state index in [1.54, 1.807) is 6.07 Å². The fraction of sp³-hybridized carbons (Fsp3) is 0.562. The summed E-state index contributed by atoms with van der Waals surface area (Å²) in [5, 5.41) is 61.0. The predicted octanol–water partition coefficient (Wildman–Crippen LogP) is 7.11. The van der Waals surface area contributed by atoms with E-state index < -0.39 is 224 Å². The minimum atomic E-state index is -4.57. The SMILES string of the molecule is CCN1C(=CC=CC=CC=CC2=[N+](CCCCCC(=O)N[C@H](CCC(=O)O)C(=O)C[C@H](CCC(=O)O)C(=O)N[C@H](CCC(=O)O)C(=O)C[C@H](CCC(=O)O)C(=O)N[C@H](CCC(=O)O)C(=O)CCCOCC(=O)N3CCCC3C(=O)N[C@@H](CC(C)C)C(=O)NC)c3ccc(S(=O)(=O)O)cc3C2(C)C)C(C)(C)c2cc(C)ccc21. The first kappa shape index (κ1) is 92.5. The van der Waals surface area contributed by atoms with Gasteiger partial charge in [-0.25, -0.2) is 0 Å². The van der Waals surface area contributed by atoms with Gasteiger partial charge >= 0.3 is 29.8 Å². The molecule has 0 aromatic heterocycles. The van der Waals surface area contributed by atoms with Crippen molar-refractivity contribution in [2.75, 3.05) is 44.8 Å². The number of aryl methyl sites for hydroxylation is 1. The topological polar surface area (TPSA) is 473 Å². The number of benzene rings is 2. The van der Waals surface area contributed by atoms with Crippen molar-refractivity contribution in [3.05, 3.63) is 101 Å². The maximum atomic E-state index is 14.3. The van der Waals surface area contributed by atoms with Crippen LogP contribution in [0.1, 0.15) is 200 Å². The number of carbonyl (C=O) groups excluding carboxylic acids is 9. The van der Waals surface area contributed by atoms with Crippen molar-refractivity contribution in [2.24, 2.45) is 17.8 Å². The number of carboxylic acids is 5. The Hall–Kier alpha value is -10.1. The van der Waals surface area contributed by atoms with Crippen molar-refractivity contribution in [3.63, 3.8) is 0 Å². The van der Waals surface area contributed by atoms with Crippen LogP contribution < -0.4 is 31.5 Å². The summed E-state index contributed by atoms with van der Waals surface area (Å²) in [6.45, 7) is 17.0. The van der Waals surface area contributed by atoms with E-state index in [-0.39, 0.29) is 55.1 Å². The van der Waals surface area contributed by atoms with Crippen LogP contribution in [0.5, 0.6) is 0 Å². The number of Topliss-reactive ketones (excluding diaryl/α,β-unsaturated/α-hetero) is 3. The van der Waals surface area contributed by atoms with E-state index in [4.69, 9.17) is 4.74 Å². The summed E-state index contributed by atoms with van der Waals surface area (Å²) in [5.41, 5.74) is 5.95. The van der Waals surface area contributed by atoms with Crippen LogP contribution >= 0.6 is 0 Å². The van der Waals surface area contributed by atoms with Gasteiger partial charge in [-0.05, 0) is 134 Å². The number of unbranched alkanes of at least 4 members (excludes halogenated alkanes) is 2. The maximum Gasteiger partial charge on any atom is 0.303 e. The number of nitrogens with one attached hydrogen (secondary N) is 5. The van der Waals surface area contributed by atoms with Crippen LogP contribution in [-0.4, -0.2) is 206 Å². The lowest BCUT2D eigenvalue weighted by Crippen LogP contribution is -2.53. The smallest absolute Gasteiger partial charge is 0.303 e. The molecule has 0 aliphatic carbocycles. The third kappa shape index (κ3) is 28.0. The van der Waals surface area contributed by atoms with Gasteiger partial charge in [0.2, 0.25) is 41.1 Å². The molecule has 5 rings (SSSR count). The fourth-order valence-electron chi connectivity index (χ4n) is 14.3. The number of aliphatic carboxylic acids is 5. The zero-order chi connectivity index (χ0) is 83.4. The van der Waals surface area contributed by atoms with Crippen LogP contribution in [0.15, 0.2) is 89.5 Å². The summed E-state index contributed by atoms with van der Waals surface area (Å²) >= 11 is 0. The molecule has 3 aliphatic heterocycles. The van der Waals surface area contributed by atoms with Crippen LogP contribution in [0.4, 0.5) is 11.4 Å². The first-order chi connectivity index (χ1) is 52.7. The predicted molar refractivity (Wildman–Crippen MR) is 412 cm³/mol. The largest absolute Gasteiger partial charge is 0.481 e. The number of hydrogen-bond donors (Lipinski definition) is 11. The minimum Gasteiger partial charge on any atom is -0.481 e. The molecule has 112 heavy (non-hydrogen) atoms. The summed E-state index contributed by atoms with van der Waals surface area (Å²) in [6.07, 6.45) is 7.36. The molecule has 3 aliphatic rings. The van der Waals surface area contributed by atoms with Gasteiger partial charge in [0.1, 0.15) is 25.2 Å². The third-order valence-corrected chi connectivity index (χ3v) is 21.1. The summed E-state index contributed by atoms with van der Waals surface area (Å²) in [5.74, 6) is -17.2. The van der Waals surface area contributed by atoms with Gasteiger partial charge in [-0.2, -0.15) is 13.0 Å². The molecule has 0 radical (unpaired) electrons. The molecule has 1 saturated heterocycles. The molecule has 614 valence electrons. The van der Waals surface area contributed by atoms with Crippen LogP contribution in [0.2, 0.25) is 0 Å². The van der Waals surface area contributed by atoms with Gasteiger partial charge in [-0.1, -0.05) is 75.8 Å². The molecular formula is C80H111N8O23S+. The Bertz CT molecular complexity index is 4080. The minimum absolute atomic E-state index is 0.0559. The van der Waals surface area contributed by atoms with Crippen molar-refractivity contribution >= 4 is 110 Å². The van der Waals surface area contributed by atoms with Gasteiger partial charge in [0, 0.05) is 137 Å². The molecular weight excluding hydrogens is 1470 g/mol. The molecule has 1 unspecified atom stereocenters. The standard InChI is InChI=1S/C80H110N8O23S/c1-10-86-60-33-26-50(4)44-54(60)79(5,6)66(86)23-15-12-11-13-16-24-67-80(7,8)55-47-53(112(108,109)110)29-34-61(55)87(67)40-18-14-17-25-68(92)82-57(31-38-73(100)101)64(90)45-51(27-35-70(94)95)76(105)84-58(32-39-74(102)103)65(91)46-52(28-36-71(96)97)75(104)83-56(30-37-72(98)99)63(89)22-20-42-111-48-69(93)88-41-19-21-62(88)78(107)85-59(43-49(2)3)77(106)81-9/h11-13,15-16,23-24,26,29,33-34,44,47,49,51-52,56-59,62H,10,14,17-22,25,27-28,30-32,35-43,45-46,48H2,1-9H3,(H10-,81,82,83,84,85,92,94,95,96,97,98,99,100,101,102,103,104,105,106,107,108,109,110)/p+1/t51-,52-,56+,57+,58+,59-,62?/m0/s1. The Balaban J connectivity index is 1.24. The number of likely N-dealkylation sites (N-methyl/N-ethyl adjacent to an activating group) is 2. The highest BCUT2D eigenvalue weighted by atomic mass is 32.2. The average Bonchev–Trinajstić information content (AvgIpc) is 1.59. The number of rotatable bonds is 50. The van der Waals surface area contributed by atoms with Crippen molar-refractivity contribution in [1.29, 1.82) is 0 Å². The number of amides is 6. The van der Waals surface area contributed by atoms with Gasteiger partial charge in [-0.3, -0.25) is 71.7 Å². The highest BCUT2D eigenvalue weighted by Crippen LogP contribution is 2.48. The van der Waals surface area contributed by atoms with Crippen molar-refractivity contribution < 1.29 is 115 Å². The number of likely N-dealkylation sites (tertiary alicyclic amines) is 1. The lowest BCUT2D eigenvalue weighted by atomic mass is 9.81. The Labute approximate surface area is 653 Å². The van der Waals surface area contributed by atoms with E-state index in [0.29, 0.717) is 49.9 Å². The van der Waals surface area contributed by atoms with Gasteiger partial charge in [0.05, 0.1) is 28.4 Å². The maximum absolute atomic E-state index is 14.3. The Morgan fingerprint density at radius 3 is 1.70 bits per heavy atom. The molecule has 1 fully saturated rings. The summed E-state index contributed by atoms with van der Waals surface area (Å²) in [7, 11) is -3.13. The first-order valence-corrected chi connectivity index (χ1v) is 39.5. The molecule has 2 aromatic rings. The highest BCUT2D eigenvalue weighted by Gasteiger charge is 2.46. The average molecular weight is 1580 g/mol. The number of ether oxygens (including phenoxy) is 1. The van der Waals surface area contributed by atoms with E-state index in [1.165, 1.54) is 40.9 Å². The number of fused-ring (bicyclic) bond motifs is 2. The number of allylic oxidation sites excluding steroid dienone is 8. The second kappa shape index (κ2) is 43.7. The lowest BCUT2D eigenvalue weighted by Gasteiger charge is -2.26. The Morgan fingerprint density at radius 2 is 1.15 bits per heavy atom. The van der Waals surface area contributed by atoms with Crippen molar-refractivity contribution in [1.82, 2.24) is 31.5 Å². The summed E-state index contributed by atoms with van der Waals surface area (Å²) < 4.78 is 42.3. The molecule has 32 heteroatoms. The molecule has 6 amide bonds. The third-order valence-electron chi connectivity index (χ3n) is 20.3.